The lowest BCUT2D eigenvalue weighted by Gasteiger charge is -2.13. The van der Waals surface area contributed by atoms with Crippen molar-refractivity contribution in [1.29, 1.82) is 0 Å². The Morgan fingerprint density at radius 2 is 1.73 bits per heavy atom. The van der Waals surface area contributed by atoms with E-state index in [2.05, 4.69) is 15.9 Å². The number of rotatable bonds is 5. The molecule has 0 atom stereocenters. The quantitative estimate of drug-likeness (QED) is 0.799. The van der Waals surface area contributed by atoms with Crippen molar-refractivity contribution in [1.82, 2.24) is 0 Å². The van der Waals surface area contributed by atoms with Gasteiger partial charge < -0.3 is 19.7 Å². The van der Waals surface area contributed by atoms with Gasteiger partial charge in [0.1, 0.15) is 5.75 Å². The Bertz CT molecular complexity index is 302. The third-order valence-electron chi connectivity index (χ3n) is 1.87. The topological polar surface area (TPSA) is 58.9 Å². The first-order valence-corrected chi connectivity index (χ1v) is 5.17. The van der Waals surface area contributed by atoms with Crippen LogP contribution in [0.25, 0.3) is 0 Å². The second-order valence-corrected chi connectivity index (χ2v) is 3.84. The minimum atomic E-state index is -0.147. The molecule has 0 amide bonds. The van der Waals surface area contributed by atoms with Crippen LogP contribution in [0.5, 0.6) is 5.75 Å². The molecule has 1 aromatic carbocycles. The average molecular weight is 277 g/mol. The summed E-state index contributed by atoms with van der Waals surface area (Å²) in [5, 5.41) is 18.3. The highest BCUT2D eigenvalue weighted by Crippen LogP contribution is 2.28. The largest absolute Gasteiger partial charge is 0.467 e. The van der Waals surface area contributed by atoms with E-state index in [0.29, 0.717) is 16.9 Å². The second kappa shape index (κ2) is 6.07. The lowest BCUT2D eigenvalue weighted by Crippen LogP contribution is -2.05. The van der Waals surface area contributed by atoms with Gasteiger partial charge in [0.2, 0.25) is 0 Å². The molecule has 0 saturated heterocycles. The van der Waals surface area contributed by atoms with E-state index in [4.69, 9.17) is 19.7 Å². The van der Waals surface area contributed by atoms with Crippen molar-refractivity contribution in [3.8, 4) is 5.75 Å². The van der Waals surface area contributed by atoms with Gasteiger partial charge in [0.05, 0.1) is 13.2 Å². The number of methoxy groups -OCH3 is 1. The van der Waals surface area contributed by atoms with Gasteiger partial charge in [-0.25, -0.2) is 0 Å². The van der Waals surface area contributed by atoms with Gasteiger partial charge in [0.25, 0.3) is 0 Å². The lowest BCUT2D eigenvalue weighted by molar-refractivity contribution is 0.0478. The Labute approximate surface area is 96.6 Å². The summed E-state index contributed by atoms with van der Waals surface area (Å²) >= 11 is 3.29. The van der Waals surface area contributed by atoms with Crippen LogP contribution >= 0.6 is 15.9 Å². The van der Waals surface area contributed by atoms with Crippen molar-refractivity contribution < 1.29 is 19.7 Å². The molecule has 0 heterocycles. The van der Waals surface area contributed by atoms with Crippen molar-refractivity contribution in [2.75, 3.05) is 13.9 Å². The fraction of sp³-hybridized carbons (Fsp3) is 0.400. The molecule has 4 nitrogen and oxygen atoms in total. The summed E-state index contributed by atoms with van der Waals surface area (Å²) in [6, 6.07) is 3.48. The predicted octanol–water partition coefficient (Wildman–Crippen LogP) is 1.42. The average Bonchev–Trinajstić information content (AvgIpc) is 2.26. The van der Waals surface area contributed by atoms with Crippen LogP contribution < -0.4 is 4.74 Å². The molecule has 0 aliphatic rings. The van der Waals surface area contributed by atoms with E-state index in [0.717, 1.165) is 4.47 Å². The maximum absolute atomic E-state index is 9.14. The summed E-state index contributed by atoms with van der Waals surface area (Å²) in [5.41, 5.74) is 1.23. The molecule has 0 aromatic heterocycles. The zero-order chi connectivity index (χ0) is 11.3. The summed E-state index contributed by atoms with van der Waals surface area (Å²) in [5.74, 6) is 0.477. The first-order chi connectivity index (χ1) is 7.22. The molecule has 84 valence electrons. The van der Waals surface area contributed by atoms with Gasteiger partial charge in [-0.15, -0.1) is 0 Å². The zero-order valence-corrected chi connectivity index (χ0v) is 9.95. The minimum absolute atomic E-state index is 0.0850. The number of aliphatic hydroxyl groups excluding tert-OH is 2. The van der Waals surface area contributed by atoms with Gasteiger partial charge in [-0.1, -0.05) is 15.9 Å². The molecule has 1 rings (SSSR count). The maximum Gasteiger partial charge on any atom is 0.188 e. The first kappa shape index (κ1) is 12.4. The monoisotopic (exact) mass is 276 g/mol. The van der Waals surface area contributed by atoms with E-state index in [9.17, 15) is 0 Å². The Morgan fingerprint density at radius 1 is 1.20 bits per heavy atom. The van der Waals surface area contributed by atoms with Crippen LogP contribution in [-0.4, -0.2) is 24.1 Å². The molecule has 0 bridgehead atoms. The summed E-state index contributed by atoms with van der Waals surface area (Å²) in [6.07, 6.45) is 0. The summed E-state index contributed by atoms with van der Waals surface area (Å²) in [6.45, 7) is -0.210. The highest BCUT2D eigenvalue weighted by atomic mass is 79.9. The van der Waals surface area contributed by atoms with Crippen molar-refractivity contribution in [3.63, 3.8) is 0 Å². The Balaban J connectivity index is 3.06. The third kappa shape index (κ3) is 3.17. The molecule has 15 heavy (non-hydrogen) atoms. The van der Waals surface area contributed by atoms with E-state index in [1.807, 2.05) is 0 Å². The van der Waals surface area contributed by atoms with Gasteiger partial charge >= 0.3 is 0 Å². The number of aliphatic hydroxyl groups is 2. The SMILES string of the molecule is COCOc1c(CO)cc(Br)cc1CO. The van der Waals surface area contributed by atoms with Crippen LogP contribution in [0.1, 0.15) is 11.1 Å². The number of hydrogen-bond acceptors (Lipinski definition) is 4. The van der Waals surface area contributed by atoms with E-state index in [-0.39, 0.29) is 20.0 Å². The van der Waals surface area contributed by atoms with Crippen molar-refractivity contribution >= 4 is 15.9 Å². The number of ether oxygens (including phenoxy) is 2. The number of benzene rings is 1. The molecule has 1 aromatic rings. The highest BCUT2D eigenvalue weighted by molar-refractivity contribution is 9.10. The van der Waals surface area contributed by atoms with E-state index in [1.165, 1.54) is 7.11 Å². The molecule has 0 radical (unpaired) electrons. The molecular weight excluding hydrogens is 264 g/mol. The van der Waals surface area contributed by atoms with E-state index >= 15 is 0 Å². The molecule has 0 fully saturated rings. The van der Waals surface area contributed by atoms with Crippen LogP contribution in [-0.2, 0) is 18.0 Å². The molecular formula is C10H13BrO4. The van der Waals surface area contributed by atoms with E-state index < -0.39 is 0 Å². The van der Waals surface area contributed by atoms with Gasteiger partial charge in [0.15, 0.2) is 6.79 Å². The van der Waals surface area contributed by atoms with Crippen LogP contribution in [0, 0.1) is 0 Å². The molecule has 5 heteroatoms. The summed E-state index contributed by atoms with van der Waals surface area (Å²) in [4.78, 5) is 0. The van der Waals surface area contributed by atoms with Crippen LogP contribution in [0.2, 0.25) is 0 Å². The second-order valence-electron chi connectivity index (χ2n) is 2.92. The third-order valence-corrected chi connectivity index (χ3v) is 2.33. The first-order valence-electron chi connectivity index (χ1n) is 4.37. The minimum Gasteiger partial charge on any atom is -0.467 e. The molecule has 0 unspecified atom stereocenters. The smallest absolute Gasteiger partial charge is 0.188 e. The molecule has 0 spiro atoms. The fourth-order valence-electron chi connectivity index (χ4n) is 1.25. The van der Waals surface area contributed by atoms with E-state index in [1.54, 1.807) is 12.1 Å². The Kier molecular flexibility index (Phi) is 5.04. The Morgan fingerprint density at radius 3 is 2.13 bits per heavy atom. The maximum atomic E-state index is 9.14. The van der Waals surface area contributed by atoms with Crippen molar-refractivity contribution in [2.24, 2.45) is 0 Å². The van der Waals surface area contributed by atoms with Crippen molar-refractivity contribution in [3.05, 3.63) is 27.7 Å². The van der Waals surface area contributed by atoms with Crippen molar-refractivity contribution in [2.45, 2.75) is 13.2 Å². The van der Waals surface area contributed by atoms with Crippen LogP contribution in [0.3, 0.4) is 0 Å². The Hall–Kier alpha value is -0.620. The molecule has 2 N–H and O–H groups in total. The van der Waals surface area contributed by atoms with Gasteiger partial charge in [-0.2, -0.15) is 0 Å². The van der Waals surface area contributed by atoms with Gasteiger partial charge in [0, 0.05) is 22.7 Å². The number of halogens is 1. The summed E-state index contributed by atoms with van der Waals surface area (Å²) in [7, 11) is 1.51. The predicted molar refractivity (Wildman–Crippen MR) is 58.5 cm³/mol. The highest BCUT2D eigenvalue weighted by Gasteiger charge is 2.10. The zero-order valence-electron chi connectivity index (χ0n) is 8.36. The molecule has 0 saturated carbocycles. The fourth-order valence-corrected chi connectivity index (χ4v) is 1.80. The van der Waals surface area contributed by atoms with Crippen LogP contribution in [0.4, 0.5) is 0 Å². The van der Waals surface area contributed by atoms with Crippen LogP contribution in [0.15, 0.2) is 16.6 Å². The normalized spacial score (nSPS) is 10.4. The lowest BCUT2D eigenvalue weighted by atomic mass is 10.1. The standard InChI is InChI=1S/C10H13BrO4/c1-14-6-15-10-7(4-12)2-9(11)3-8(10)5-13/h2-3,12-13H,4-6H2,1H3. The molecule has 0 aliphatic heterocycles. The van der Waals surface area contributed by atoms with Gasteiger partial charge in [-0.05, 0) is 12.1 Å². The number of hydrogen-bond donors (Lipinski definition) is 2. The summed E-state index contributed by atoms with van der Waals surface area (Å²) < 4.78 is 10.9. The molecule has 0 aliphatic carbocycles. The van der Waals surface area contributed by atoms with Gasteiger partial charge in [-0.3, -0.25) is 0 Å².